The number of phosphoric acid groups is 1. The fraction of sp³-hybridized carbons (Fsp3) is 0.902. The number of carbonyl (C=O) groups is 2. The number of hydrogen-bond acceptors (Lipinski definition) is 6. The largest absolute Gasteiger partial charge is 0.472 e. The molecule has 2 N–H and O–H groups in total. The number of esters is 1. The van der Waals surface area contributed by atoms with Gasteiger partial charge in [-0.25, -0.2) is 4.57 Å². The zero-order chi connectivity index (χ0) is 52.2. The molecule has 0 bridgehead atoms. The summed E-state index contributed by atoms with van der Waals surface area (Å²) in [7, 11) is 1.50. The van der Waals surface area contributed by atoms with Gasteiger partial charge in [0.2, 0.25) is 5.91 Å². The van der Waals surface area contributed by atoms with Gasteiger partial charge in [0, 0.05) is 12.8 Å². The molecule has 0 heterocycles. The minimum atomic E-state index is -4.44. The topological polar surface area (TPSA) is 111 Å². The standard InChI is InChI=1S/C61H119N2O7P/c1-7-10-13-16-19-22-25-27-28-29-30-31-32-33-34-36-38-41-44-47-50-53-60(64)62-58(57-69-71(66,67)68-56-55-63(4,5)6)59(52-49-46-43-40-37-24-21-18-15-12-9-3)70-61(65)54-51-48-45-42-39-35-26-23-20-17-14-11-8-2/h35,39,49,52,58-59H,7-34,36-38,40-48,50-51,53-57H2,1-6H3,(H-,62,64,66,67)/p+1/b39-35-,52-49+. The van der Waals surface area contributed by atoms with Crippen molar-refractivity contribution in [3.8, 4) is 0 Å². The van der Waals surface area contributed by atoms with Crippen molar-refractivity contribution in [1.82, 2.24) is 5.32 Å². The fourth-order valence-electron chi connectivity index (χ4n) is 9.11. The number of rotatable bonds is 56. The number of allylic oxidation sites excluding steroid dienone is 3. The third kappa shape index (κ3) is 53.1. The van der Waals surface area contributed by atoms with Crippen LogP contribution in [0.1, 0.15) is 303 Å². The van der Waals surface area contributed by atoms with E-state index in [1.807, 2.05) is 33.3 Å². The van der Waals surface area contributed by atoms with Crippen LogP contribution >= 0.6 is 7.82 Å². The third-order valence-corrected chi connectivity index (χ3v) is 14.9. The summed E-state index contributed by atoms with van der Waals surface area (Å²) in [5.41, 5.74) is 0. The van der Waals surface area contributed by atoms with Crippen LogP contribution in [0, 0.1) is 0 Å². The summed E-state index contributed by atoms with van der Waals surface area (Å²) in [4.78, 5) is 37.6. The average molecular weight is 1020 g/mol. The molecule has 0 aliphatic heterocycles. The summed E-state index contributed by atoms with van der Waals surface area (Å²) >= 11 is 0. The molecule has 0 fully saturated rings. The fourth-order valence-corrected chi connectivity index (χ4v) is 9.85. The molecule has 3 unspecified atom stereocenters. The first-order chi connectivity index (χ1) is 34.4. The smallest absolute Gasteiger partial charge is 0.456 e. The van der Waals surface area contributed by atoms with Gasteiger partial charge in [0.05, 0.1) is 33.8 Å². The second-order valence-electron chi connectivity index (χ2n) is 22.2. The lowest BCUT2D eigenvalue weighted by molar-refractivity contribution is -0.870. The van der Waals surface area contributed by atoms with Crippen LogP contribution in [0.3, 0.4) is 0 Å². The first-order valence-electron chi connectivity index (χ1n) is 30.7. The molecule has 10 heteroatoms. The third-order valence-electron chi connectivity index (χ3n) is 13.9. The normalized spacial score (nSPS) is 13.8. The van der Waals surface area contributed by atoms with Gasteiger partial charge in [-0.3, -0.25) is 18.6 Å². The molecule has 0 aromatic heterocycles. The SMILES string of the molecule is CCCCCCCC/C=C\CCCCCC(=O)OC(/C=C/CCCCCCCCCCC)C(COP(=O)(O)OCC[N+](C)(C)C)NC(=O)CCCCCCCCCCCCCCCCCCCCCCC. The van der Waals surface area contributed by atoms with Crippen molar-refractivity contribution in [3.63, 3.8) is 0 Å². The van der Waals surface area contributed by atoms with Crippen LogP contribution in [-0.4, -0.2) is 74.3 Å². The Balaban J connectivity index is 5.15. The first kappa shape index (κ1) is 69.5. The highest BCUT2D eigenvalue weighted by atomic mass is 31.2. The Labute approximate surface area is 441 Å². The quantitative estimate of drug-likeness (QED) is 0.0205. The first-order valence-corrected chi connectivity index (χ1v) is 32.2. The summed E-state index contributed by atoms with van der Waals surface area (Å²) < 4.78 is 30.6. The predicted molar refractivity (Wildman–Crippen MR) is 305 cm³/mol. The maximum atomic E-state index is 13.5. The van der Waals surface area contributed by atoms with E-state index < -0.39 is 20.0 Å². The van der Waals surface area contributed by atoms with Gasteiger partial charge < -0.3 is 19.4 Å². The van der Waals surface area contributed by atoms with Crippen molar-refractivity contribution in [2.75, 3.05) is 40.9 Å². The van der Waals surface area contributed by atoms with E-state index in [9.17, 15) is 19.0 Å². The van der Waals surface area contributed by atoms with Gasteiger partial charge in [0.1, 0.15) is 19.3 Å². The van der Waals surface area contributed by atoms with Gasteiger partial charge in [-0.05, 0) is 57.4 Å². The maximum Gasteiger partial charge on any atom is 0.472 e. The van der Waals surface area contributed by atoms with Crippen LogP contribution in [0.2, 0.25) is 0 Å². The maximum absolute atomic E-state index is 13.5. The number of quaternary nitrogens is 1. The number of ether oxygens (including phenoxy) is 1. The van der Waals surface area contributed by atoms with E-state index in [-0.39, 0.29) is 31.5 Å². The zero-order valence-electron chi connectivity index (χ0n) is 48.0. The molecule has 3 atom stereocenters. The molecule has 0 saturated carbocycles. The Morgan fingerprint density at radius 3 is 1.21 bits per heavy atom. The van der Waals surface area contributed by atoms with Gasteiger partial charge in [-0.15, -0.1) is 0 Å². The predicted octanol–water partition coefficient (Wildman–Crippen LogP) is 18.6. The van der Waals surface area contributed by atoms with Crippen LogP contribution < -0.4 is 5.32 Å². The zero-order valence-corrected chi connectivity index (χ0v) is 48.9. The molecule has 0 rings (SSSR count). The number of amides is 1. The van der Waals surface area contributed by atoms with Gasteiger partial charge in [-0.1, -0.05) is 257 Å². The molecule has 0 radical (unpaired) electrons. The van der Waals surface area contributed by atoms with Crippen molar-refractivity contribution in [1.29, 1.82) is 0 Å². The van der Waals surface area contributed by atoms with Gasteiger partial charge in [0.25, 0.3) is 0 Å². The van der Waals surface area contributed by atoms with Crippen LogP contribution in [0.5, 0.6) is 0 Å². The van der Waals surface area contributed by atoms with Crippen molar-refractivity contribution in [2.24, 2.45) is 0 Å². The van der Waals surface area contributed by atoms with Gasteiger partial charge >= 0.3 is 13.8 Å². The summed E-state index contributed by atoms with van der Waals surface area (Å²) in [5.74, 6) is -0.510. The summed E-state index contributed by atoms with van der Waals surface area (Å²) in [5, 5.41) is 3.05. The van der Waals surface area contributed by atoms with E-state index in [4.69, 9.17) is 13.8 Å². The number of nitrogens with one attached hydrogen (secondary N) is 1. The lowest BCUT2D eigenvalue weighted by Gasteiger charge is -2.27. The lowest BCUT2D eigenvalue weighted by atomic mass is 10.0. The second kappa shape index (κ2) is 52.0. The van der Waals surface area contributed by atoms with Crippen molar-refractivity contribution >= 4 is 19.7 Å². The second-order valence-corrected chi connectivity index (χ2v) is 23.7. The van der Waals surface area contributed by atoms with E-state index >= 15 is 0 Å². The molecule has 9 nitrogen and oxygen atoms in total. The molecule has 0 aromatic carbocycles. The van der Waals surface area contributed by atoms with Gasteiger partial charge in [-0.2, -0.15) is 0 Å². The molecule has 1 amide bonds. The molecular weight excluding hydrogens is 904 g/mol. The molecule has 0 saturated heterocycles. The molecule has 0 spiro atoms. The minimum Gasteiger partial charge on any atom is -0.456 e. The van der Waals surface area contributed by atoms with Crippen molar-refractivity contribution in [2.45, 2.75) is 315 Å². The lowest BCUT2D eigenvalue weighted by Crippen LogP contribution is -2.47. The Kier molecular flexibility index (Phi) is 50.8. The molecule has 420 valence electrons. The average Bonchev–Trinajstić information content (AvgIpc) is 3.33. The summed E-state index contributed by atoms with van der Waals surface area (Å²) in [6.45, 7) is 7.02. The molecule has 0 aromatic rings. The van der Waals surface area contributed by atoms with Crippen molar-refractivity contribution < 1.29 is 37.3 Å². The number of carbonyl (C=O) groups excluding carboxylic acids is 2. The Morgan fingerprint density at radius 2 is 0.817 bits per heavy atom. The Hall–Kier alpha value is -1.51. The number of unbranched alkanes of at least 4 members (excludes halogenated alkanes) is 38. The van der Waals surface area contributed by atoms with Crippen molar-refractivity contribution in [3.05, 3.63) is 24.3 Å². The number of hydrogen-bond donors (Lipinski definition) is 2. The van der Waals surface area contributed by atoms with Crippen LogP contribution in [0.4, 0.5) is 0 Å². The van der Waals surface area contributed by atoms with E-state index in [1.54, 1.807) is 0 Å². The van der Waals surface area contributed by atoms with Crippen LogP contribution in [-0.2, 0) is 27.9 Å². The van der Waals surface area contributed by atoms with E-state index in [0.29, 0.717) is 17.4 Å². The molecule has 0 aliphatic carbocycles. The molecule has 0 aliphatic rings. The monoisotopic (exact) mass is 1020 g/mol. The Bertz CT molecular complexity index is 1270. The number of nitrogens with zero attached hydrogens (tertiary/aromatic N) is 1. The number of phosphoric ester groups is 1. The molecular formula is C61H120N2O7P+. The molecule has 71 heavy (non-hydrogen) atoms. The number of likely N-dealkylation sites (N-methyl/N-ethyl adjacent to an activating group) is 1. The Morgan fingerprint density at radius 1 is 0.479 bits per heavy atom. The van der Waals surface area contributed by atoms with Crippen LogP contribution in [0.25, 0.3) is 0 Å². The highest BCUT2D eigenvalue weighted by molar-refractivity contribution is 7.47. The summed E-state index contributed by atoms with van der Waals surface area (Å²) in [6, 6.07) is -0.847. The van der Waals surface area contributed by atoms with E-state index in [1.165, 1.54) is 199 Å². The van der Waals surface area contributed by atoms with E-state index in [2.05, 4.69) is 38.2 Å². The highest BCUT2D eigenvalue weighted by Crippen LogP contribution is 2.43. The van der Waals surface area contributed by atoms with Crippen LogP contribution in [0.15, 0.2) is 24.3 Å². The minimum absolute atomic E-state index is 0.0414. The van der Waals surface area contributed by atoms with E-state index in [0.717, 1.165) is 70.6 Å². The summed E-state index contributed by atoms with van der Waals surface area (Å²) in [6.07, 6.45) is 60.4. The van der Waals surface area contributed by atoms with Gasteiger partial charge in [0.15, 0.2) is 0 Å². The highest BCUT2D eigenvalue weighted by Gasteiger charge is 2.30.